The molecule has 2 heterocycles. The summed E-state index contributed by atoms with van der Waals surface area (Å²) in [6, 6.07) is 7.44. The fraction of sp³-hybridized carbons (Fsp3) is 0.0769. The first-order valence-corrected chi connectivity index (χ1v) is 5.59. The van der Waals surface area contributed by atoms with Crippen molar-refractivity contribution in [2.24, 2.45) is 0 Å². The van der Waals surface area contributed by atoms with E-state index in [0.717, 1.165) is 16.6 Å². The Balaban J connectivity index is 2.21. The van der Waals surface area contributed by atoms with E-state index in [-0.39, 0.29) is 0 Å². The molecule has 0 spiro atoms. The maximum Gasteiger partial charge on any atom is 0.227 e. The first-order chi connectivity index (χ1) is 8.24. The molecule has 0 aliphatic rings. The summed E-state index contributed by atoms with van der Waals surface area (Å²) in [6.45, 7) is 1.95. The Morgan fingerprint density at radius 1 is 1.18 bits per heavy atom. The molecule has 0 aliphatic heterocycles. The zero-order chi connectivity index (χ0) is 11.8. The predicted molar refractivity (Wildman–Crippen MR) is 67.0 cm³/mol. The zero-order valence-electron chi connectivity index (χ0n) is 9.14. The van der Waals surface area contributed by atoms with Crippen LogP contribution in [-0.4, -0.2) is 9.97 Å². The number of hydrogen-bond donors (Lipinski definition) is 0. The highest BCUT2D eigenvalue weighted by molar-refractivity contribution is 6.32. The number of rotatable bonds is 1. The lowest BCUT2D eigenvalue weighted by Gasteiger charge is -1.94. The SMILES string of the molecule is Cc1cc2nc(-c3ccncc3)oc2cc1Cl. The third kappa shape index (κ3) is 1.78. The molecule has 17 heavy (non-hydrogen) atoms. The number of aryl methyl sites for hydroxylation is 1. The lowest BCUT2D eigenvalue weighted by molar-refractivity contribution is 0.619. The van der Waals surface area contributed by atoms with Gasteiger partial charge in [-0.1, -0.05) is 11.6 Å². The third-order valence-corrected chi connectivity index (χ3v) is 3.00. The molecule has 1 aromatic carbocycles. The van der Waals surface area contributed by atoms with Crippen LogP contribution >= 0.6 is 11.6 Å². The van der Waals surface area contributed by atoms with Gasteiger partial charge in [-0.25, -0.2) is 4.98 Å². The van der Waals surface area contributed by atoms with Crippen LogP contribution in [0.2, 0.25) is 5.02 Å². The Labute approximate surface area is 103 Å². The Kier molecular flexibility index (Phi) is 2.34. The summed E-state index contributed by atoms with van der Waals surface area (Å²) in [5.74, 6) is 0.587. The van der Waals surface area contributed by atoms with Gasteiger partial charge in [0.15, 0.2) is 5.58 Å². The van der Waals surface area contributed by atoms with Crippen LogP contribution in [0, 0.1) is 6.92 Å². The van der Waals surface area contributed by atoms with Crippen molar-refractivity contribution in [3.05, 3.63) is 47.2 Å². The quantitative estimate of drug-likeness (QED) is 0.653. The molecule has 0 saturated carbocycles. The Bertz CT molecular complexity index is 637. The van der Waals surface area contributed by atoms with Crippen LogP contribution in [0.5, 0.6) is 0 Å². The minimum absolute atomic E-state index is 0.587. The molecule has 0 saturated heterocycles. The molecule has 0 bridgehead atoms. The van der Waals surface area contributed by atoms with E-state index < -0.39 is 0 Å². The average Bonchev–Trinajstić information content (AvgIpc) is 2.74. The fourth-order valence-corrected chi connectivity index (χ4v) is 1.83. The van der Waals surface area contributed by atoms with E-state index >= 15 is 0 Å². The monoisotopic (exact) mass is 244 g/mol. The van der Waals surface area contributed by atoms with E-state index in [4.69, 9.17) is 16.0 Å². The molecule has 4 heteroatoms. The lowest BCUT2D eigenvalue weighted by Crippen LogP contribution is -1.77. The second-order valence-corrected chi connectivity index (χ2v) is 4.23. The largest absolute Gasteiger partial charge is 0.436 e. The Morgan fingerprint density at radius 2 is 1.94 bits per heavy atom. The van der Waals surface area contributed by atoms with Crippen LogP contribution in [0.15, 0.2) is 41.1 Å². The molecule has 0 aliphatic carbocycles. The maximum atomic E-state index is 6.05. The highest BCUT2D eigenvalue weighted by Crippen LogP contribution is 2.27. The summed E-state index contributed by atoms with van der Waals surface area (Å²) in [6.07, 6.45) is 3.42. The highest BCUT2D eigenvalue weighted by Gasteiger charge is 2.09. The first-order valence-electron chi connectivity index (χ1n) is 5.21. The number of fused-ring (bicyclic) bond motifs is 1. The summed E-state index contributed by atoms with van der Waals surface area (Å²) in [5, 5.41) is 0.690. The van der Waals surface area contributed by atoms with Crippen molar-refractivity contribution < 1.29 is 4.42 Å². The second-order valence-electron chi connectivity index (χ2n) is 3.82. The van der Waals surface area contributed by atoms with Crippen LogP contribution in [-0.2, 0) is 0 Å². The van der Waals surface area contributed by atoms with Crippen molar-refractivity contribution in [2.45, 2.75) is 6.92 Å². The molecule has 0 fully saturated rings. The highest BCUT2D eigenvalue weighted by atomic mass is 35.5. The molecule has 0 atom stereocenters. The van der Waals surface area contributed by atoms with E-state index in [9.17, 15) is 0 Å². The molecular weight excluding hydrogens is 236 g/mol. The van der Waals surface area contributed by atoms with E-state index in [1.54, 1.807) is 18.5 Å². The fourth-order valence-electron chi connectivity index (χ4n) is 1.67. The van der Waals surface area contributed by atoms with Gasteiger partial charge in [-0.15, -0.1) is 0 Å². The number of pyridine rings is 1. The van der Waals surface area contributed by atoms with Gasteiger partial charge in [-0.2, -0.15) is 0 Å². The normalized spacial score (nSPS) is 10.9. The minimum Gasteiger partial charge on any atom is -0.436 e. The summed E-state index contributed by atoms with van der Waals surface area (Å²) >= 11 is 6.05. The molecule has 3 nitrogen and oxygen atoms in total. The van der Waals surface area contributed by atoms with Gasteiger partial charge in [0.25, 0.3) is 0 Å². The van der Waals surface area contributed by atoms with Crippen molar-refractivity contribution in [3.8, 4) is 11.5 Å². The van der Waals surface area contributed by atoms with Crippen molar-refractivity contribution in [1.29, 1.82) is 0 Å². The molecular formula is C13H9ClN2O. The first kappa shape index (κ1) is 10.3. The van der Waals surface area contributed by atoms with Crippen LogP contribution < -0.4 is 0 Å². The Morgan fingerprint density at radius 3 is 2.71 bits per heavy atom. The van der Waals surface area contributed by atoms with Crippen LogP contribution in [0.25, 0.3) is 22.6 Å². The molecule has 0 N–H and O–H groups in total. The zero-order valence-corrected chi connectivity index (χ0v) is 9.90. The van der Waals surface area contributed by atoms with E-state index in [1.807, 2.05) is 25.1 Å². The average molecular weight is 245 g/mol. The maximum absolute atomic E-state index is 6.05. The number of oxazole rings is 1. The molecule has 3 aromatic rings. The standard InChI is InChI=1S/C13H9ClN2O/c1-8-6-11-12(7-10(8)14)17-13(16-11)9-2-4-15-5-3-9/h2-7H,1H3. The third-order valence-electron chi connectivity index (χ3n) is 2.60. The summed E-state index contributed by atoms with van der Waals surface area (Å²) in [4.78, 5) is 8.39. The molecule has 0 amide bonds. The number of aromatic nitrogens is 2. The van der Waals surface area contributed by atoms with Crippen molar-refractivity contribution in [2.75, 3.05) is 0 Å². The van der Waals surface area contributed by atoms with Crippen LogP contribution in [0.4, 0.5) is 0 Å². The smallest absolute Gasteiger partial charge is 0.227 e. The number of nitrogens with zero attached hydrogens (tertiary/aromatic N) is 2. The molecule has 0 radical (unpaired) electrons. The van der Waals surface area contributed by atoms with Crippen LogP contribution in [0.1, 0.15) is 5.56 Å². The second kappa shape index (κ2) is 3.86. The van der Waals surface area contributed by atoms with Crippen molar-refractivity contribution in [3.63, 3.8) is 0 Å². The van der Waals surface area contributed by atoms with Gasteiger partial charge in [-0.3, -0.25) is 4.98 Å². The van der Waals surface area contributed by atoms with Gasteiger partial charge in [0.1, 0.15) is 5.52 Å². The molecule has 84 valence electrons. The summed E-state index contributed by atoms with van der Waals surface area (Å²) < 4.78 is 5.67. The molecule has 2 aromatic heterocycles. The van der Waals surface area contributed by atoms with Gasteiger partial charge in [0, 0.05) is 29.0 Å². The van der Waals surface area contributed by atoms with E-state index in [1.165, 1.54) is 0 Å². The van der Waals surface area contributed by atoms with Crippen molar-refractivity contribution >= 4 is 22.7 Å². The molecule has 3 rings (SSSR count). The number of halogens is 1. The van der Waals surface area contributed by atoms with Gasteiger partial charge in [0.05, 0.1) is 0 Å². The van der Waals surface area contributed by atoms with Gasteiger partial charge in [0.2, 0.25) is 5.89 Å². The summed E-state index contributed by atoms with van der Waals surface area (Å²) in [7, 11) is 0. The van der Waals surface area contributed by atoms with E-state index in [2.05, 4.69) is 9.97 Å². The van der Waals surface area contributed by atoms with Gasteiger partial charge in [-0.05, 0) is 30.7 Å². The topological polar surface area (TPSA) is 38.9 Å². The van der Waals surface area contributed by atoms with Crippen LogP contribution in [0.3, 0.4) is 0 Å². The van der Waals surface area contributed by atoms with Crippen molar-refractivity contribution in [1.82, 2.24) is 9.97 Å². The van der Waals surface area contributed by atoms with Gasteiger partial charge < -0.3 is 4.42 Å². The number of benzene rings is 1. The Hall–Kier alpha value is -1.87. The van der Waals surface area contributed by atoms with E-state index in [0.29, 0.717) is 16.5 Å². The summed E-state index contributed by atoms with van der Waals surface area (Å²) in [5.41, 5.74) is 3.42. The number of hydrogen-bond acceptors (Lipinski definition) is 3. The van der Waals surface area contributed by atoms with Gasteiger partial charge >= 0.3 is 0 Å². The minimum atomic E-state index is 0.587. The lowest BCUT2D eigenvalue weighted by atomic mass is 10.2. The molecule has 0 unspecified atom stereocenters. The predicted octanol–water partition coefficient (Wildman–Crippen LogP) is 3.85.